The van der Waals surface area contributed by atoms with E-state index < -0.39 is 0 Å². The van der Waals surface area contributed by atoms with Crippen molar-refractivity contribution < 1.29 is 32.7 Å². The van der Waals surface area contributed by atoms with Gasteiger partial charge in [-0.2, -0.15) is 6.42 Å². The van der Waals surface area contributed by atoms with Crippen LogP contribution in [0.3, 0.4) is 0 Å². The Balaban J connectivity index is -0.000000845. The van der Waals surface area contributed by atoms with Gasteiger partial charge in [-0.1, -0.05) is 65.7 Å². The molecule has 0 rings (SSSR count). The molecule has 0 nitrogen and oxygen atoms in total. The second-order valence-corrected chi connectivity index (χ2v) is 5.18. The molecule has 3 unspecified atom stereocenters. The van der Waals surface area contributed by atoms with E-state index in [-0.39, 0.29) is 40.1 Å². The molecule has 0 aromatic rings. The van der Waals surface area contributed by atoms with Crippen LogP contribution in [-0.2, 0) is 32.7 Å². The van der Waals surface area contributed by atoms with E-state index in [0.29, 0.717) is 0 Å². The summed E-state index contributed by atoms with van der Waals surface area (Å²) in [5.74, 6) is 2.64. The summed E-state index contributed by atoms with van der Waals surface area (Å²) >= 11 is 0. The molecule has 3 atom stereocenters. The van der Waals surface area contributed by atoms with Gasteiger partial charge in [-0.05, 0) is 11.8 Å². The van der Waals surface area contributed by atoms with Gasteiger partial charge < -0.3 is 14.4 Å². The average Bonchev–Trinajstić information content (AvgIpc) is 2.17. The normalized spacial score (nSPS) is 15.6. The number of hydrogen-bond donors (Lipinski definition) is 0. The molecule has 0 spiro atoms. The van der Waals surface area contributed by atoms with Crippen molar-refractivity contribution >= 4 is 0 Å². The first kappa shape index (κ1) is 22.3. The quantitative estimate of drug-likeness (QED) is 0.517. The largest absolute Gasteiger partial charge is 0.358 e. The molecule has 0 N–H and O–H groups in total. The molecule has 0 fully saturated rings. The molecule has 0 aliphatic carbocycles. The summed E-state index contributed by atoms with van der Waals surface area (Å²) in [6.45, 7) is 13.3. The van der Waals surface area contributed by atoms with Crippen LogP contribution in [0.5, 0.6) is 0 Å². The van der Waals surface area contributed by atoms with E-state index in [1.165, 1.54) is 32.1 Å². The molecule has 0 heterocycles. The summed E-state index contributed by atoms with van der Waals surface area (Å²) < 4.78 is 0. The van der Waals surface area contributed by atoms with Crippen LogP contribution in [0.2, 0.25) is 0 Å². The monoisotopic (exact) mass is 301 g/mol. The summed E-state index contributed by atoms with van der Waals surface area (Å²) in [6, 6.07) is 0. The first-order valence-electron chi connectivity index (χ1n) is 6.39. The Hall–Kier alpha value is 1.10. The van der Waals surface area contributed by atoms with Gasteiger partial charge >= 0.3 is 0 Å². The minimum atomic E-state index is 0. The second-order valence-electron chi connectivity index (χ2n) is 5.18. The molecular formula is C15H32Y-2. The topological polar surface area (TPSA) is 0 Å². The molecule has 0 saturated carbocycles. The minimum absolute atomic E-state index is 0. The van der Waals surface area contributed by atoms with Crippen molar-refractivity contribution in [1.82, 2.24) is 0 Å². The van der Waals surface area contributed by atoms with Crippen LogP contribution in [0.4, 0.5) is 0 Å². The van der Waals surface area contributed by atoms with E-state index in [2.05, 4.69) is 34.6 Å². The molecule has 0 aromatic heterocycles. The van der Waals surface area contributed by atoms with Gasteiger partial charge in [-0.25, -0.2) is 0 Å². The van der Waals surface area contributed by atoms with Crippen LogP contribution in [0.15, 0.2) is 0 Å². The van der Waals surface area contributed by atoms with Crippen molar-refractivity contribution in [3.8, 4) is 0 Å². The van der Waals surface area contributed by atoms with Crippen LogP contribution in [-0.4, -0.2) is 0 Å². The fourth-order valence-corrected chi connectivity index (χ4v) is 1.94. The van der Waals surface area contributed by atoms with Crippen LogP contribution in [0.1, 0.15) is 66.2 Å². The number of rotatable bonds is 8. The van der Waals surface area contributed by atoms with Gasteiger partial charge in [-0.15, -0.1) is 0 Å². The van der Waals surface area contributed by atoms with Crippen molar-refractivity contribution in [3.05, 3.63) is 14.4 Å². The van der Waals surface area contributed by atoms with Crippen LogP contribution < -0.4 is 0 Å². The van der Waals surface area contributed by atoms with Crippen molar-refractivity contribution in [2.24, 2.45) is 17.8 Å². The van der Waals surface area contributed by atoms with Gasteiger partial charge in [0.2, 0.25) is 0 Å². The predicted molar refractivity (Wildman–Crippen MR) is 72.6 cm³/mol. The molecule has 0 bridgehead atoms. The van der Waals surface area contributed by atoms with Crippen molar-refractivity contribution in [3.63, 3.8) is 0 Å². The summed E-state index contributed by atoms with van der Waals surface area (Å²) in [6.07, 6.45) is 8.04. The summed E-state index contributed by atoms with van der Waals surface area (Å²) in [4.78, 5) is 0. The maximum absolute atomic E-state index is 3.96. The van der Waals surface area contributed by atoms with Crippen molar-refractivity contribution in [2.75, 3.05) is 0 Å². The Bertz CT molecular complexity index is 123. The maximum Gasteiger partial charge on any atom is 0 e. The SMILES string of the molecule is [CH2-]CC(C)CC(C)CCCC(C)CC.[CH3-].[Y]. The van der Waals surface area contributed by atoms with Crippen LogP contribution >= 0.6 is 0 Å². The fourth-order valence-electron chi connectivity index (χ4n) is 1.94. The molecule has 1 heteroatoms. The zero-order valence-electron chi connectivity index (χ0n) is 12.3. The van der Waals surface area contributed by atoms with E-state index in [1.807, 2.05) is 0 Å². The second kappa shape index (κ2) is 14.2. The van der Waals surface area contributed by atoms with Crippen molar-refractivity contribution in [1.29, 1.82) is 0 Å². The molecule has 16 heavy (non-hydrogen) atoms. The molecule has 0 aromatic carbocycles. The van der Waals surface area contributed by atoms with Crippen LogP contribution in [0, 0.1) is 32.1 Å². The van der Waals surface area contributed by atoms with Crippen molar-refractivity contribution in [2.45, 2.75) is 66.2 Å². The smallest absolute Gasteiger partial charge is 0 e. The molecule has 1 radical (unpaired) electrons. The fraction of sp³-hybridized carbons (Fsp3) is 0.867. The minimum Gasteiger partial charge on any atom is -0.358 e. The summed E-state index contributed by atoms with van der Waals surface area (Å²) in [7, 11) is 0. The zero-order chi connectivity index (χ0) is 11.0. The Morgan fingerprint density at radius 3 is 1.88 bits per heavy atom. The van der Waals surface area contributed by atoms with Crippen LogP contribution in [0.25, 0.3) is 0 Å². The third-order valence-corrected chi connectivity index (χ3v) is 3.39. The Labute approximate surface area is 130 Å². The van der Waals surface area contributed by atoms with Gasteiger partial charge in [0.25, 0.3) is 0 Å². The Morgan fingerprint density at radius 1 is 0.938 bits per heavy atom. The molecule has 0 amide bonds. The third-order valence-electron chi connectivity index (χ3n) is 3.39. The summed E-state index contributed by atoms with van der Waals surface area (Å²) in [5.41, 5.74) is 0. The van der Waals surface area contributed by atoms with E-state index in [1.54, 1.807) is 0 Å². The van der Waals surface area contributed by atoms with Gasteiger partial charge in [0.1, 0.15) is 0 Å². The van der Waals surface area contributed by atoms with Gasteiger partial charge in [0, 0.05) is 32.7 Å². The molecule has 0 aliphatic rings. The molecular weight excluding hydrogens is 269 g/mol. The van der Waals surface area contributed by atoms with Gasteiger partial charge in [-0.3, -0.25) is 0 Å². The third kappa shape index (κ3) is 13.2. The van der Waals surface area contributed by atoms with E-state index in [0.717, 1.165) is 24.2 Å². The predicted octanol–water partition coefficient (Wildman–Crippen LogP) is 5.54. The van der Waals surface area contributed by atoms with Gasteiger partial charge in [0.05, 0.1) is 0 Å². The summed E-state index contributed by atoms with van der Waals surface area (Å²) in [5, 5.41) is 0. The maximum atomic E-state index is 3.96. The van der Waals surface area contributed by atoms with E-state index >= 15 is 0 Å². The van der Waals surface area contributed by atoms with E-state index in [4.69, 9.17) is 0 Å². The standard InChI is InChI=1S/C14H29.CH3.Y/c1-6-12(3)9-8-10-14(5)11-13(4)7-2;;/h12-14H,2,6-11H2,1,3-5H3;1H3;/q2*-1;. The Morgan fingerprint density at radius 2 is 1.44 bits per heavy atom. The zero-order valence-corrected chi connectivity index (χ0v) is 15.1. The molecule has 0 saturated heterocycles. The van der Waals surface area contributed by atoms with E-state index in [9.17, 15) is 0 Å². The average molecular weight is 301 g/mol. The molecule has 0 aliphatic heterocycles. The first-order valence-corrected chi connectivity index (χ1v) is 6.39. The first-order chi connectivity index (χ1) is 6.60. The molecule has 97 valence electrons. The number of hydrogen-bond acceptors (Lipinski definition) is 0. The van der Waals surface area contributed by atoms with Gasteiger partial charge in [0.15, 0.2) is 0 Å². The Kier molecular flexibility index (Phi) is 19.7.